The van der Waals surface area contributed by atoms with E-state index in [1.165, 1.54) is 24.3 Å². The Morgan fingerprint density at radius 1 is 1.25 bits per heavy atom. The normalized spacial score (nSPS) is 21.9. The van der Waals surface area contributed by atoms with Crippen molar-refractivity contribution in [3.8, 4) is 0 Å². The van der Waals surface area contributed by atoms with E-state index in [0.29, 0.717) is 12.0 Å². The molecule has 1 heterocycles. The zero-order valence-corrected chi connectivity index (χ0v) is 12.5. The van der Waals surface area contributed by atoms with E-state index in [4.69, 9.17) is 5.11 Å². The molecule has 0 radical (unpaired) electrons. The first kappa shape index (κ1) is 15.4. The highest BCUT2D eigenvalue weighted by atomic mass is 32.2. The van der Waals surface area contributed by atoms with Gasteiger partial charge < -0.3 is 5.11 Å². The highest BCUT2D eigenvalue weighted by Crippen LogP contribution is 2.18. The number of sulfonamides is 1. The quantitative estimate of drug-likeness (QED) is 0.789. The minimum Gasteiger partial charge on any atom is -0.392 e. The molecule has 0 aromatic heterocycles. The molecule has 0 bridgehead atoms. The Morgan fingerprint density at radius 2 is 1.90 bits per heavy atom. The first-order chi connectivity index (χ1) is 9.32. The number of aliphatic hydroxyl groups excluding tert-OH is 1. The molecule has 1 aliphatic rings. The topological polar surface area (TPSA) is 101 Å². The molecule has 1 aromatic rings. The fraction of sp³-hybridized carbons (Fsp3) is 0.500. The molecular weight excluding hydrogens is 302 g/mol. The van der Waals surface area contributed by atoms with Crippen molar-refractivity contribution in [2.75, 3.05) is 18.1 Å². The number of rotatable bonds is 5. The van der Waals surface area contributed by atoms with E-state index in [1.54, 1.807) is 0 Å². The molecule has 2 N–H and O–H groups in total. The van der Waals surface area contributed by atoms with Crippen LogP contribution in [-0.4, -0.2) is 40.0 Å². The Bertz CT molecular complexity index is 664. The number of hydrogen-bond acceptors (Lipinski definition) is 5. The van der Waals surface area contributed by atoms with Crippen molar-refractivity contribution in [3.63, 3.8) is 0 Å². The van der Waals surface area contributed by atoms with Gasteiger partial charge in [0.05, 0.1) is 23.0 Å². The standard InChI is InChI=1S/C12H17NO5S2/c14-8-10-1-3-12(4-2-10)20(17,18)13-7-11-5-6-19(15,16)9-11/h1-4,11,13-14H,5-9H2. The maximum Gasteiger partial charge on any atom is 0.240 e. The van der Waals surface area contributed by atoms with E-state index in [1.807, 2.05) is 0 Å². The molecule has 6 nitrogen and oxygen atoms in total. The van der Waals surface area contributed by atoms with Crippen molar-refractivity contribution in [3.05, 3.63) is 29.8 Å². The summed E-state index contributed by atoms with van der Waals surface area (Å²) in [6.07, 6.45) is 0.494. The lowest BCUT2D eigenvalue weighted by Crippen LogP contribution is -2.29. The molecule has 112 valence electrons. The fourth-order valence-electron chi connectivity index (χ4n) is 2.12. The van der Waals surface area contributed by atoms with Crippen LogP contribution in [0.1, 0.15) is 12.0 Å². The fourth-order valence-corrected chi connectivity index (χ4v) is 5.10. The lowest BCUT2D eigenvalue weighted by Gasteiger charge is -2.10. The van der Waals surface area contributed by atoms with Crippen LogP contribution in [0.15, 0.2) is 29.2 Å². The van der Waals surface area contributed by atoms with Gasteiger partial charge in [0.1, 0.15) is 0 Å². The van der Waals surface area contributed by atoms with Gasteiger partial charge in [-0.25, -0.2) is 21.6 Å². The molecule has 8 heteroatoms. The second-order valence-corrected chi connectivity index (χ2v) is 8.92. The summed E-state index contributed by atoms with van der Waals surface area (Å²) in [7, 11) is -6.64. The van der Waals surface area contributed by atoms with Gasteiger partial charge in [-0.1, -0.05) is 12.1 Å². The van der Waals surface area contributed by atoms with Gasteiger partial charge in [0.25, 0.3) is 0 Å². The van der Waals surface area contributed by atoms with Crippen LogP contribution in [0, 0.1) is 5.92 Å². The molecule has 0 saturated carbocycles. The maximum absolute atomic E-state index is 12.0. The summed E-state index contributed by atoms with van der Waals surface area (Å²) < 4.78 is 49.1. The third kappa shape index (κ3) is 3.78. The van der Waals surface area contributed by atoms with Crippen molar-refractivity contribution >= 4 is 19.9 Å². The summed E-state index contributed by atoms with van der Waals surface area (Å²) in [6.45, 7) is -0.0169. The third-order valence-corrected chi connectivity index (χ3v) is 6.58. The molecule has 0 spiro atoms. The van der Waals surface area contributed by atoms with Gasteiger partial charge >= 0.3 is 0 Å². The summed E-state index contributed by atoms with van der Waals surface area (Å²) in [4.78, 5) is 0.107. The van der Waals surface area contributed by atoms with Crippen molar-refractivity contribution in [1.29, 1.82) is 0 Å². The summed E-state index contributed by atoms with van der Waals surface area (Å²) in [5, 5.41) is 8.91. The average molecular weight is 319 g/mol. The lowest BCUT2D eigenvalue weighted by molar-refractivity contribution is 0.282. The first-order valence-electron chi connectivity index (χ1n) is 6.22. The largest absolute Gasteiger partial charge is 0.392 e. The average Bonchev–Trinajstić information content (AvgIpc) is 2.76. The van der Waals surface area contributed by atoms with E-state index < -0.39 is 19.9 Å². The number of nitrogens with one attached hydrogen (secondary N) is 1. The van der Waals surface area contributed by atoms with Crippen LogP contribution in [0.25, 0.3) is 0 Å². The van der Waals surface area contributed by atoms with Crippen molar-refractivity contribution in [2.45, 2.75) is 17.9 Å². The van der Waals surface area contributed by atoms with Gasteiger partial charge in [-0.2, -0.15) is 0 Å². The maximum atomic E-state index is 12.0. The number of sulfone groups is 1. The second-order valence-electron chi connectivity index (χ2n) is 4.92. The highest BCUT2D eigenvalue weighted by Gasteiger charge is 2.28. The van der Waals surface area contributed by atoms with Crippen LogP contribution in [0.5, 0.6) is 0 Å². The molecule has 20 heavy (non-hydrogen) atoms. The van der Waals surface area contributed by atoms with E-state index in [9.17, 15) is 16.8 Å². The summed E-state index contributed by atoms with van der Waals surface area (Å²) in [5.74, 6) is 0.00954. The molecule has 1 unspecified atom stereocenters. The Kier molecular flexibility index (Phi) is 4.48. The molecule has 1 aromatic carbocycles. The lowest BCUT2D eigenvalue weighted by atomic mass is 10.1. The minimum atomic E-state index is -3.64. The Hall–Kier alpha value is -0.960. The number of aliphatic hydroxyl groups is 1. The van der Waals surface area contributed by atoms with Crippen LogP contribution in [0.3, 0.4) is 0 Å². The smallest absolute Gasteiger partial charge is 0.240 e. The first-order valence-corrected chi connectivity index (χ1v) is 9.53. The zero-order valence-electron chi connectivity index (χ0n) is 10.8. The van der Waals surface area contributed by atoms with Crippen LogP contribution in [0.2, 0.25) is 0 Å². The molecule has 1 atom stereocenters. The van der Waals surface area contributed by atoms with Gasteiger partial charge in [0.2, 0.25) is 10.0 Å². The van der Waals surface area contributed by atoms with Gasteiger partial charge in [-0.05, 0) is 30.0 Å². The van der Waals surface area contributed by atoms with Crippen LogP contribution >= 0.6 is 0 Å². The summed E-state index contributed by atoms with van der Waals surface area (Å²) >= 11 is 0. The predicted molar refractivity (Wildman–Crippen MR) is 74.3 cm³/mol. The Balaban J connectivity index is 2.00. The molecule has 1 fully saturated rings. The molecular formula is C12H17NO5S2. The molecule has 0 aliphatic carbocycles. The predicted octanol–water partition coefficient (Wildman–Crippen LogP) is -0.108. The van der Waals surface area contributed by atoms with Gasteiger partial charge in [0, 0.05) is 6.54 Å². The molecule has 1 saturated heterocycles. The van der Waals surface area contributed by atoms with E-state index in [2.05, 4.69) is 4.72 Å². The number of benzene rings is 1. The number of hydrogen-bond donors (Lipinski definition) is 2. The van der Waals surface area contributed by atoms with Gasteiger partial charge in [-0.3, -0.25) is 0 Å². The summed E-state index contributed by atoms with van der Waals surface area (Å²) in [5.41, 5.74) is 0.630. The van der Waals surface area contributed by atoms with Crippen LogP contribution < -0.4 is 4.72 Å². The molecule has 1 aliphatic heterocycles. The summed E-state index contributed by atoms with van der Waals surface area (Å²) in [6, 6.07) is 5.90. The SMILES string of the molecule is O=S1(=O)CCC(CNS(=O)(=O)c2ccc(CO)cc2)C1. The second kappa shape index (κ2) is 5.80. The van der Waals surface area contributed by atoms with Crippen LogP contribution in [-0.2, 0) is 26.5 Å². The van der Waals surface area contributed by atoms with E-state index in [0.717, 1.165) is 0 Å². The van der Waals surface area contributed by atoms with E-state index in [-0.39, 0.29) is 35.5 Å². The van der Waals surface area contributed by atoms with Crippen molar-refractivity contribution < 1.29 is 21.9 Å². The highest BCUT2D eigenvalue weighted by molar-refractivity contribution is 7.91. The van der Waals surface area contributed by atoms with E-state index >= 15 is 0 Å². The van der Waals surface area contributed by atoms with Crippen LogP contribution in [0.4, 0.5) is 0 Å². The van der Waals surface area contributed by atoms with Crippen molar-refractivity contribution in [1.82, 2.24) is 4.72 Å². The zero-order chi connectivity index (χ0) is 14.8. The third-order valence-electron chi connectivity index (χ3n) is 3.30. The Morgan fingerprint density at radius 3 is 2.40 bits per heavy atom. The molecule has 0 amide bonds. The minimum absolute atomic E-state index is 0.0406. The Labute approximate surface area is 118 Å². The van der Waals surface area contributed by atoms with Crippen molar-refractivity contribution in [2.24, 2.45) is 5.92 Å². The monoisotopic (exact) mass is 319 g/mol. The molecule has 2 rings (SSSR count). The van der Waals surface area contributed by atoms with Gasteiger partial charge in [-0.15, -0.1) is 0 Å². The van der Waals surface area contributed by atoms with Gasteiger partial charge in [0.15, 0.2) is 9.84 Å².